The number of rotatable bonds is 4. The first-order valence-electron chi connectivity index (χ1n) is 11.6. The molecule has 8 heteroatoms. The minimum Gasteiger partial charge on any atom is -0.466 e. The molecule has 1 amide bonds. The minimum absolute atomic E-state index is 0.0486. The second-order valence-electron chi connectivity index (χ2n) is 9.83. The highest BCUT2D eigenvalue weighted by Gasteiger charge is 2.38. The molecule has 0 N–H and O–H groups in total. The molecule has 1 aliphatic carbocycles. The molecule has 1 aromatic heterocycles. The van der Waals surface area contributed by atoms with Crippen molar-refractivity contribution < 1.29 is 23.5 Å². The van der Waals surface area contributed by atoms with Crippen molar-refractivity contribution in [2.45, 2.75) is 46.5 Å². The number of pyridine rings is 1. The summed E-state index contributed by atoms with van der Waals surface area (Å²) in [5.41, 5.74) is 0.150. The van der Waals surface area contributed by atoms with Crippen LogP contribution in [0.2, 0.25) is 0 Å². The van der Waals surface area contributed by atoms with Crippen molar-refractivity contribution in [1.29, 1.82) is 0 Å². The Morgan fingerprint density at radius 1 is 1.15 bits per heavy atom. The van der Waals surface area contributed by atoms with Crippen LogP contribution in [0.5, 0.6) is 0 Å². The molecule has 1 saturated heterocycles. The zero-order chi connectivity index (χ0) is 24.6. The van der Waals surface area contributed by atoms with E-state index in [1.807, 2.05) is 13.8 Å². The summed E-state index contributed by atoms with van der Waals surface area (Å²) in [6.07, 6.45) is 3.40. The fraction of sp³-hybridized carbons (Fsp3) is 0.462. The molecule has 180 valence electrons. The van der Waals surface area contributed by atoms with Gasteiger partial charge in [0.05, 0.1) is 12.5 Å². The first kappa shape index (κ1) is 23.9. The number of nitrogens with zero attached hydrogens (tertiary/aromatic N) is 2. The van der Waals surface area contributed by atoms with Crippen molar-refractivity contribution in [3.8, 4) is 5.69 Å². The van der Waals surface area contributed by atoms with E-state index in [-0.39, 0.29) is 30.5 Å². The summed E-state index contributed by atoms with van der Waals surface area (Å²) in [5.74, 6) is -1.89. The Balaban J connectivity index is 1.83. The lowest BCUT2D eigenvalue weighted by atomic mass is 9.73. The van der Waals surface area contributed by atoms with Gasteiger partial charge in [0.25, 0.3) is 11.5 Å². The van der Waals surface area contributed by atoms with Crippen molar-refractivity contribution in [2.75, 3.05) is 19.7 Å². The van der Waals surface area contributed by atoms with Crippen molar-refractivity contribution in [3.63, 3.8) is 0 Å². The normalized spacial score (nSPS) is 19.5. The van der Waals surface area contributed by atoms with Gasteiger partial charge in [-0.25, -0.2) is 4.39 Å². The van der Waals surface area contributed by atoms with Gasteiger partial charge in [0.1, 0.15) is 11.4 Å². The number of esters is 1. The first-order chi connectivity index (χ1) is 16.1. The molecule has 2 aliphatic rings. The van der Waals surface area contributed by atoms with Crippen LogP contribution < -0.4 is 5.56 Å². The highest BCUT2D eigenvalue weighted by molar-refractivity contribution is 6.04. The molecule has 2 aromatic rings. The molecule has 2 heterocycles. The zero-order valence-electron chi connectivity index (χ0n) is 19.7. The molecule has 0 saturated carbocycles. The number of fused-ring (bicyclic) bond motifs is 1. The molecule has 1 fully saturated rings. The van der Waals surface area contributed by atoms with Gasteiger partial charge in [0, 0.05) is 37.0 Å². The van der Waals surface area contributed by atoms with E-state index in [1.54, 1.807) is 6.92 Å². The lowest BCUT2D eigenvalue weighted by Crippen LogP contribution is -2.46. The SMILES string of the molecule is CCOC(=O)[C@@H]1CCCN(C(=O)c2c3c(cn(-c4ccc(F)cc4)c2=O)C(=O)CC(C)(C)C3)C1. The molecule has 0 radical (unpaired) electrons. The first-order valence-corrected chi connectivity index (χ1v) is 11.6. The van der Waals surface area contributed by atoms with Gasteiger partial charge in [-0.3, -0.25) is 23.7 Å². The van der Waals surface area contributed by atoms with Gasteiger partial charge >= 0.3 is 5.97 Å². The van der Waals surface area contributed by atoms with E-state index in [2.05, 4.69) is 0 Å². The quantitative estimate of drug-likeness (QED) is 0.641. The third-order valence-corrected chi connectivity index (χ3v) is 6.56. The number of piperidine rings is 1. The van der Waals surface area contributed by atoms with Crippen molar-refractivity contribution in [1.82, 2.24) is 9.47 Å². The third kappa shape index (κ3) is 4.54. The van der Waals surface area contributed by atoms with Crippen LogP contribution >= 0.6 is 0 Å². The molecule has 1 aromatic carbocycles. The average Bonchev–Trinajstić information content (AvgIpc) is 2.79. The summed E-state index contributed by atoms with van der Waals surface area (Å²) >= 11 is 0. The molecule has 0 bridgehead atoms. The number of Topliss-reactive ketones (excluding diaryl/α,β-unsaturated/α-hetero) is 1. The molecule has 1 aliphatic heterocycles. The maximum Gasteiger partial charge on any atom is 0.310 e. The van der Waals surface area contributed by atoms with E-state index in [0.717, 1.165) is 0 Å². The van der Waals surface area contributed by atoms with Crippen LogP contribution in [0, 0.1) is 17.2 Å². The highest BCUT2D eigenvalue weighted by Crippen LogP contribution is 2.36. The van der Waals surface area contributed by atoms with E-state index in [0.29, 0.717) is 49.0 Å². The predicted molar refractivity (Wildman–Crippen MR) is 124 cm³/mol. The Labute approximate surface area is 197 Å². The van der Waals surface area contributed by atoms with Crippen molar-refractivity contribution in [2.24, 2.45) is 11.3 Å². The average molecular weight is 469 g/mol. The molecular weight excluding hydrogens is 439 g/mol. The molecule has 0 unspecified atom stereocenters. The van der Waals surface area contributed by atoms with E-state index in [1.165, 1.54) is 39.9 Å². The second kappa shape index (κ2) is 9.16. The number of hydrogen-bond acceptors (Lipinski definition) is 5. The van der Waals surface area contributed by atoms with Crippen LogP contribution in [0.3, 0.4) is 0 Å². The molecular formula is C26H29FN2O5. The van der Waals surface area contributed by atoms with Gasteiger partial charge in [-0.05, 0) is 61.4 Å². The Morgan fingerprint density at radius 3 is 2.53 bits per heavy atom. The van der Waals surface area contributed by atoms with E-state index < -0.39 is 28.6 Å². The van der Waals surface area contributed by atoms with Gasteiger partial charge in [-0.2, -0.15) is 0 Å². The number of halogens is 1. The zero-order valence-corrected chi connectivity index (χ0v) is 19.7. The van der Waals surface area contributed by atoms with Gasteiger partial charge in [0.2, 0.25) is 0 Å². The number of amides is 1. The van der Waals surface area contributed by atoms with Gasteiger partial charge in [-0.15, -0.1) is 0 Å². The summed E-state index contributed by atoms with van der Waals surface area (Å²) in [6, 6.07) is 5.32. The predicted octanol–water partition coefficient (Wildman–Crippen LogP) is 3.55. The number of likely N-dealkylation sites (tertiary alicyclic amines) is 1. The molecule has 34 heavy (non-hydrogen) atoms. The van der Waals surface area contributed by atoms with Crippen LogP contribution in [0.15, 0.2) is 35.3 Å². The Hall–Kier alpha value is -3.29. The smallest absolute Gasteiger partial charge is 0.310 e. The molecule has 0 spiro atoms. The largest absolute Gasteiger partial charge is 0.466 e. The van der Waals surface area contributed by atoms with Crippen LogP contribution in [0.4, 0.5) is 4.39 Å². The molecule has 4 rings (SSSR count). The number of ether oxygens (including phenoxy) is 1. The highest BCUT2D eigenvalue weighted by atomic mass is 19.1. The Kier molecular flexibility index (Phi) is 6.43. The van der Waals surface area contributed by atoms with E-state index in [4.69, 9.17) is 4.74 Å². The molecule has 7 nitrogen and oxygen atoms in total. The van der Waals surface area contributed by atoms with E-state index >= 15 is 0 Å². The topological polar surface area (TPSA) is 85.7 Å². The number of ketones is 1. The number of carbonyl (C=O) groups excluding carboxylic acids is 3. The summed E-state index contributed by atoms with van der Waals surface area (Å²) in [4.78, 5) is 54.3. The second-order valence-corrected chi connectivity index (χ2v) is 9.83. The van der Waals surface area contributed by atoms with E-state index in [9.17, 15) is 23.6 Å². The van der Waals surface area contributed by atoms with Gasteiger partial charge in [-0.1, -0.05) is 13.8 Å². The number of aromatic nitrogens is 1. The van der Waals surface area contributed by atoms with Crippen molar-refractivity contribution in [3.05, 3.63) is 63.3 Å². The van der Waals surface area contributed by atoms with Crippen LogP contribution in [0.25, 0.3) is 5.69 Å². The monoisotopic (exact) mass is 468 g/mol. The lowest BCUT2D eigenvalue weighted by molar-refractivity contribution is -0.149. The summed E-state index contributed by atoms with van der Waals surface area (Å²) < 4.78 is 19.9. The fourth-order valence-corrected chi connectivity index (χ4v) is 4.93. The third-order valence-electron chi connectivity index (χ3n) is 6.56. The number of carbonyl (C=O) groups is 3. The summed E-state index contributed by atoms with van der Waals surface area (Å²) in [7, 11) is 0. The number of benzene rings is 1. The minimum atomic E-state index is -0.556. The maximum absolute atomic E-state index is 13.8. The fourth-order valence-electron chi connectivity index (χ4n) is 4.93. The van der Waals surface area contributed by atoms with Crippen LogP contribution in [-0.4, -0.2) is 46.8 Å². The maximum atomic E-state index is 13.8. The van der Waals surface area contributed by atoms with Crippen molar-refractivity contribution >= 4 is 17.7 Å². The number of hydrogen-bond donors (Lipinski definition) is 0. The summed E-state index contributed by atoms with van der Waals surface area (Å²) in [5, 5.41) is 0. The summed E-state index contributed by atoms with van der Waals surface area (Å²) in [6.45, 7) is 6.43. The molecule has 1 atom stereocenters. The Bertz CT molecular complexity index is 1200. The standard InChI is InChI=1S/C26H29FN2O5/c1-4-34-25(33)16-6-5-11-28(14-16)23(31)22-19-12-26(2,3)13-21(30)20(19)15-29(24(22)32)18-9-7-17(27)8-10-18/h7-10,15-16H,4-6,11-14H2,1-3H3/t16-/m1/s1. The van der Waals surface area contributed by atoms with Crippen LogP contribution in [0.1, 0.15) is 66.3 Å². The Morgan fingerprint density at radius 2 is 1.85 bits per heavy atom. The van der Waals surface area contributed by atoms with Crippen LogP contribution in [-0.2, 0) is 16.0 Å². The van der Waals surface area contributed by atoms with Gasteiger partial charge in [0.15, 0.2) is 5.78 Å². The van der Waals surface area contributed by atoms with Gasteiger partial charge < -0.3 is 9.64 Å². The lowest BCUT2D eigenvalue weighted by Gasteiger charge is -2.34.